The molecule has 7 heteroatoms. The number of hydrogen-bond donors (Lipinski definition) is 3. The molecule has 2 aliphatic carbocycles. The summed E-state index contributed by atoms with van der Waals surface area (Å²) in [6.07, 6.45) is 8.86. The summed E-state index contributed by atoms with van der Waals surface area (Å²) in [7, 11) is 0. The predicted molar refractivity (Wildman–Crippen MR) is 122 cm³/mol. The molecule has 7 nitrogen and oxygen atoms in total. The van der Waals surface area contributed by atoms with E-state index in [9.17, 15) is 9.59 Å². The number of fused-ring (bicyclic) bond motifs is 2. The number of aryl methyl sites for hydroxylation is 3. The fourth-order valence-electron chi connectivity index (χ4n) is 4.92. The van der Waals surface area contributed by atoms with Crippen LogP contribution in [0.4, 0.5) is 5.82 Å². The largest absolute Gasteiger partial charge is 0.384 e. The van der Waals surface area contributed by atoms with E-state index in [0.29, 0.717) is 35.7 Å². The molecule has 0 saturated heterocycles. The fourth-order valence-corrected chi connectivity index (χ4v) is 4.92. The molecule has 4 rings (SSSR count). The van der Waals surface area contributed by atoms with Crippen molar-refractivity contribution in [1.82, 2.24) is 15.0 Å². The molecule has 2 aromatic heterocycles. The normalized spacial score (nSPS) is 21.5. The van der Waals surface area contributed by atoms with Crippen molar-refractivity contribution in [2.24, 2.45) is 17.8 Å². The van der Waals surface area contributed by atoms with E-state index in [1.165, 1.54) is 17.5 Å². The third-order valence-electron chi connectivity index (χ3n) is 6.74. The van der Waals surface area contributed by atoms with Crippen LogP contribution in [0.3, 0.4) is 0 Å². The SMILES string of the molecule is Cc1cc(N)nc(C)c1CNC(=O)Cc1c(C)ccn(NCC2C[C@H]3C=CC2C3)c1=O. The minimum Gasteiger partial charge on any atom is -0.384 e. The zero-order valence-corrected chi connectivity index (χ0v) is 18.4. The minimum atomic E-state index is -0.188. The Morgan fingerprint density at radius 3 is 2.68 bits per heavy atom. The molecule has 2 aliphatic rings. The molecule has 0 aromatic carbocycles. The second-order valence-electron chi connectivity index (χ2n) is 8.94. The van der Waals surface area contributed by atoms with Crippen molar-refractivity contribution in [2.45, 2.75) is 46.6 Å². The van der Waals surface area contributed by atoms with Crippen molar-refractivity contribution in [1.29, 1.82) is 0 Å². The van der Waals surface area contributed by atoms with Crippen molar-refractivity contribution in [3.63, 3.8) is 0 Å². The van der Waals surface area contributed by atoms with E-state index < -0.39 is 0 Å². The van der Waals surface area contributed by atoms with Crippen LogP contribution < -0.4 is 22.0 Å². The first kappa shape index (κ1) is 21.2. The van der Waals surface area contributed by atoms with Gasteiger partial charge in [0.2, 0.25) is 5.91 Å². The molecule has 164 valence electrons. The van der Waals surface area contributed by atoms with Crippen LogP contribution in [-0.4, -0.2) is 22.1 Å². The maximum atomic E-state index is 13.0. The van der Waals surface area contributed by atoms with Gasteiger partial charge in [-0.15, -0.1) is 0 Å². The van der Waals surface area contributed by atoms with Crippen molar-refractivity contribution in [3.8, 4) is 0 Å². The van der Waals surface area contributed by atoms with Gasteiger partial charge in [0, 0.05) is 30.5 Å². The summed E-state index contributed by atoms with van der Waals surface area (Å²) in [4.78, 5) is 29.9. The van der Waals surface area contributed by atoms with Gasteiger partial charge in [-0.05, 0) is 80.2 Å². The Kier molecular flexibility index (Phi) is 5.85. The highest BCUT2D eigenvalue weighted by Crippen LogP contribution is 2.43. The number of carbonyl (C=O) groups is 1. The summed E-state index contributed by atoms with van der Waals surface area (Å²) in [5, 5.41) is 2.92. The van der Waals surface area contributed by atoms with Gasteiger partial charge in [-0.1, -0.05) is 12.2 Å². The number of hydrogen-bond acceptors (Lipinski definition) is 5. The quantitative estimate of drug-likeness (QED) is 0.596. The van der Waals surface area contributed by atoms with Crippen molar-refractivity contribution in [3.05, 3.63) is 68.8 Å². The molecule has 31 heavy (non-hydrogen) atoms. The van der Waals surface area contributed by atoms with E-state index in [2.05, 4.69) is 27.9 Å². The van der Waals surface area contributed by atoms with E-state index in [1.54, 1.807) is 12.3 Å². The highest BCUT2D eigenvalue weighted by atomic mass is 16.2. The molecule has 1 saturated carbocycles. The highest BCUT2D eigenvalue weighted by Gasteiger charge is 2.35. The van der Waals surface area contributed by atoms with Crippen LogP contribution in [-0.2, 0) is 17.8 Å². The number of nitrogens with zero attached hydrogens (tertiary/aromatic N) is 2. The van der Waals surface area contributed by atoms with Crippen LogP contribution in [0.15, 0.2) is 35.3 Å². The zero-order valence-electron chi connectivity index (χ0n) is 18.4. The number of nitrogen functional groups attached to an aromatic ring is 1. The lowest BCUT2D eigenvalue weighted by molar-refractivity contribution is -0.120. The van der Waals surface area contributed by atoms with Crippen LogP contribution >= 0.6 is 0 Å². The molecule has 2 heterocycles. The first-order valence-corrected chi connectivity index (χ1v) is 10.9. The van der Waals surface area contributed by atoms with Gasteiger partial charge < -0.3 is 16.5 Å². The number of anilines is 1. The number of carbonyl (C=O) groups excluding carboxylic acids is 1. The molecule has 3 atom stereocenters. The van der Waals surface area contributed by atoms with E-state index in [1.807, 2.05) is 26.8 Å². The van der Waals surface area contributed by atoms with Gasteiger partial charge in [0.1, 0.15) is 5.82 Å². The van der Waals surface area contributed by atoms with Crippen LogP contribution in [0, 0.1) is 38.5 Å². The fraction of sp³-hybridized carbons (Fsp3) is 0.458. The molecule has 0 radical (unpaired) electrons. The highest BCUT2D eigenvalue weighted by molar-refractivity contribution is 5.78. The van der Waals surface area contributed by atoms with Gasteiger partial charge >= 0.3 is 0 Å². The Balaban J connectivity index is 1.39. The maximum absolute atomic E-state index is 13.0. The average Bonchev–Trinajstić information content (AvgIpc) is 3.33. The summed E-state index contributed by atoms with van der Waals surface area (Å²) in [6.45, 7) is 6.82. The Hall–Kier alpha value is -3.09. The molecule has 0 spiro atoms. The van der Waals surface area contributed by atoms with Gasteiger partial charge in [0.05, 0.1) is 6.42 Å². The molecular weight excluding hydrogens is 390 g/mol. The number of nitrogens with one attached hydrogen (secondary N) is 2. The Morgan fingerprint density at radius 2 is 2.00 bits per heavy atom. The van der Waals surface area contributed by atoms with Crippen LogP contribution in [0.2, 0.25) is 0 Å². The Labute approximate surface area is 182 Å². The number of allylic oxidation sites excluding steroid dienone is 2. The second kappa shape index (κ2) is 8.57. The molecular formula is C24H31N5O2. The summed E-state index contributed by atoms with van der Waals surface area (Å²) >= 11 is 0. The van der Waals surface area contributed by atoms with Crippen LogP contribution in [0.5, 0.6) is 0 Å². The topological polar surface area (TPSA) is 102 Å². The number of aromatic nitrogens is 2. The smallest absolute Gasteiger partial charge is 0.272 e. The van der Waals surface area contributed by atoms with Gasteiger partial charge in [-0.2, -0.15) is 0 Å². The minimum absolute atomic E-state index is 0.0462. The monoisotopic (exact) mass is 421 g/mol. The van der Waals surface area contributed by atoms with Crippen molar-refractivity contribution in [2.75, 3.05) is 17.7 Å². The first-order chi connectivity index (χ1) is 14.8. The third-order valence-corrected chi connectivity index (χ3v) is 6.74. The van der Waals surface area contributed by atoms with Gasteiger partial charge in [-0.25, -0.2) is 9.66 Å². The standard InChI is InChI=1S/C24H31N5O2/c1-14-6-7-29(27-12-19-10-17-4-5-18(19)9-17)24(31)20(14)11-23(30)26-13-21-15(2)8-22(25)28-16(21)3/h4-8,17-19,27H,9-13H2,1-3H3,(H2,25,28)(H,26,30)/t17-,18?,19?/m0/s1. The van der Waals surface area contributed by atoms with E-state index >= 15 is 0 Å². The summed E-state index contributed by atoms with van der Waals surface area (Å²) in [6, 6.07) is 3.68. The number of pyridine rings is 2. The lowest BCUT2D eigenvalue weighted by Crippen LogP contribution is -2.36. The average molecular weight is 422 g/mol. The molecule has 4 N–H and O–H groups in total. The Morgan fingerprint density at radius 1 is 1.19 bits per heavy atom. The van der Waals surface area contributed by atoms with E-state index in [0.717, 1.165) is 28.9 Å². The summed E-state index contributed by atoms with van der Waals surface area (Å²) in [5.41, 5.74) is 13.0. The Bertz CT molecular complexity index is 1060. The molecule has 1 fully saturated rings. The summed E-state index contributed by atoms with van der Waals surface area (Å²) < 4.78 is 1.53. The number of nitrogens with two attached hydrogens (primary N) is 1. The van der Waals surface area contributed by atoms with Gasteiger partial charge in [0.25, 0.3) is 5.56 Å². The molecule has 2 aromatic rings. The molecule has 1 amide bonds. The predicted octanol–water partition coefficient (Wildman–Crippen LogP) is 2.37. The number of rotatable bonds is 7. The van der Waals surface area contributed by atoms with Crippen LogP contribution in [0.25, 0.3) is 0 Å². The molecule has 2 unspecified atom stereocenters. The first-order valence-electron chi connectivity index (χ1n) is 10.9. The second-order valence-corrected chi connectivity index (χ2v) is 8.94. The maximum Gasteiger partial charge on any atom is 0.272 e. The molecule has 2 bridgehead atoms. The zero-order chi connectivity index (χ0) is 22.1. The number of amides is 1. The van der Waals surface area contributed by atoms with Crippen LogP contribution in [0.1, 0.15) is 40.8 Å². The third kappa shape index (κ3) is 4.50. The van der Waals surface area contributed by atoms with Crippen molar-refractivity contribution < 1.29 is 4.79 Å². The molecule has 0 aliphatic heterocycles. The van der Waals surface area contributed by atoms with Gasteiger partial charge in [0.15, 0.2) is 0 Å². The van der Waals surface area contributed by atoms with E-state index in [4.69, 9.17) is 5.73 Å². The van der Waals surface area contributed by atoms with Gasteiger partial charge in [-0.3, -0.25) is 9.59 Å². The summed E-state index contributed by atoms with van der Waals surface area (Å²) in [5.74, 6) is 2.18. The van der Waals surface area contributed by atoms with Crippen molar-refractivity contribution >= 4 is 11.7 Å². The lowest BCUT2D eigenvalue weighted by atomic mass is 9.94. The lowest BCUT2D eigenvalue weighted by Gasteiger charge is -2.20. The van der Waals surface area contributed by atoms with E-state index in [-0.39, 0.29) is 17.9 Å².